The molecule has 0 saturated heterocycles. The van der Waals surface area contributed by atoms with Crippen molar-refractivity contribution in [3.8, 4) is 0 Å². The molecule has 2 rings (SSSR count). The van der Waals surface area contributed by atoms with Gasteiger partial charge in [0.2, 0.25) is 0 Å². The van der Waals surface area contributed by atoms with Gasteiger partial charge in [0.25, 0.3) is 5.91 Å². The number of rotatable bonds is 7. The lowest BCUT2D eigenvalue weighted by molar-refractivity contribution is 0.0955. The van der Waals surface area contributed by atoms with E-state index in [2.05, 4.69) is 39.6 Å². The second-order valence-corrected chi connectivity index (χ2v) is 7.23. The number of carbonyl (C=O) groups is 1. The number of para-hydroxylation sites is 1. The van der Waals surface area contributed by atoms with Crippen molar-refractivity contribution in [2.75, 3.05) is 18.4 Å². The summed E-state index contributed by atoms with van der Waals surface area (Å²) in [5.41, 5.74) is 1.61. The first-order chi connectivity index (χ1) is 10.2. The molecule has 0 spiro atoms. The van der Waals surface area contributed by atoms with Gasteiger partial charge in [-0.1, -0.05) is 19.1 Å². The zero-order chi connectivity index (χ0) is 15.1. The quantitative estimate of drug-likeness (QED) is 0.766. The normalized spacial score (nSPS) is 10.4. The monoisotopic (exact) mass is 366 g/mol. The number of thiophene rings is 1. The third-order valence-electron chi connectivity index (χ3n) is 3.02. The average molecular weight is 367 g/mol. The summed E-state index contributed by atoms with van der Waals surface area (Å²) in [6, 6.07) is 11.7. The van der Waals surface area contributed by atoms with Crippen LogP contribution < -0.4 is 10.6 Å². The van der Waals surface area contributed by atoms with Crippen LogP contribution in [0.2, 0.25) is 0 Å². The lowest BCUT2D eigenvalue weighted by Gasteiger charge is -2.11. The largest absolute Gasteiger partial charge is 0.384 e. The summed E-state index contributed by atoms with van der Waals surface area (Å²) in [5.74, 6) is -0.0233. The number of amides is 1. The Hall–Kier alpha value is -1.33. The fourth-order valence-corrected chi connectivity index (χ4v) is 3.46. The van der Waals surface area contributed by atoms with Crippen LogP contribution in [0, 0.1) is 0 Å². The van der Waals surface area contributed by atoms with Crippen molar-refractivity contribution in [3.05, 3.63) is 50.6 Å². The Morgan fingerprint density at radius 1 is 1.19 bits per heavy atom. The van der Waals surface area contributed by atoms with E-state index in [9.17, 15) is 4.79 Å². The molecule has 0 bridgehead atoms. The Morgan fingerprint density at radius 3 is 2.71 bits per heavy atom. The van der Waals surface area contributed by atoms with Crippen LogP contribution in [0.1, 0.15) is 28.6 Å². The number of halogens is 1. The van der Waals surface area contributed by atoms with E-state index >= 15 is 0 Å². The number of hydrogen-bond acceptors (Lipinski definition) is 3. The minimum Gasteiger partial charge on any atom is -0.384 e. The highest BCUT2D eigenvalue weighted by Gasteiger charge is 2.10. The predicted molar refractivity (Wildman–Crippen MR) is 93.3 cm³/mol. The first-order valence-corrected chi connectivity index (χ1v) is 8.67. The molecular formula is C16H19BrN2OS. The molecule has 0 aliphatic rings. The van der Waals surface area contributed by atoms with Crippen molar-refractivity contribution in [2.45, 2.75) is 19.8 Å². The summed E-state index contributed by atoms with van der Waals surface area (Å²) >= 11 is 5.15. The van der Waals surface area contributed by atoms with Crippen LogP contribution in [-0.2, 0) is 6.42 Å². The predicted octanol–water partition coefficient (Wildman–Crippen LogP) is 4.31. The average Bonchev–Trinajstić information content (AvgIpc) is 2.91. The van der Waals surface area contributed by atoms with Crippen molar-refractivity contribution in [1.82, 2.24) is 5.32 Å². The molecule has 2 aromatic rings. The van der Waals surface area contributed by atoms with Crippen LogP contribution in [-0.4, -0.2) is 19.0 Å². The number of benzene rings is 1. The van der Waals surface area contributed by atoms with Crippen molar-refractivity contribution < 1.29 is 4.79 Å². The summed E-state index contributed by atoms with van der Waals surface area (Å²) < 4.78 is 1.12. The van der Waals surface area contributed by atoms with Gasteiger partial charge in [-0.3, -0.25) is 4.79 Å². The maximum atomic E-state index is 12.3. The molecule has 0 aliphatic carbocycles. The lowest BCUT2D eigenvalue weighted by Crippen LogP contribution is -2.26. The van der Waals surface area contributed by atoms with Crippen molar-refractivity contribution in [2.24, 2.45) is 0 Å². The standard InChI is InChI=1S/C16H19BrN2OS/c1-2-10-18-14-6-4-3-5-13(14)16(20)19-11-9-12-7-8-15(17)21-12/h3-8,18H,2,9-11H2,1H3,(H,19,20). The van der Waals surface area contributed by atoms with Gasteiger partial charge in [-0.15, -0.1) is 11.3 Å². The molecule has 1 aromatic carbocycles. The van der Waals surface area contributed by atoms with Gasteiger partial charge in [-0.2, -0.15) is 0 Å². The topological polar surface area (TPSA) is 41.1 Å². The second-order valence-electron chi connectivity index (χ2n) is 4.68. The molecule has 1 amide bonds. The summed E-state index contributed by atoms with van der Waals surface area (Å²) in [6.45, 7) is 3.62. The minimum atomic E-state index is -0.0233. The Kier molecular flexibility index (Phi) is 6.26. The molecule has 0 unspecified atom stereocenters. The molecule has 0 radical (unpaired) electrons. The van der Waals surface area contributed by atoms with E-state index in [1.54, 1.807) is 11.3 Å². The van der Waals surface area contributed by atoms with E-state index in [-0.39, 0.29) is 5.91 Å². The second kappa shape index (κ2) is 8.20. The highest BCUT2D eigenvalue weighted by atomic mass is 79.9. The molecule has 1 heterocycles. The van der Waals surface area contributed by atoms with Crippen LogP contribution in [0.25, 0.3) is 0 Å². The molecule has 0 aliphatic heterocycles. The zero-order valence-corrected chi connectivity index (χ0v) is 14.4. The molecule has 112 valence electrons. The van der Waals surface area contributed by atoms with Gasteiger partial charge in [0.05, 0.1) is 9.35 Å². The molecule has 3 nitrogen and oxygen atoms in total. The maximum Gasteiger partial charge on any atom is 0.253 e. The summed E-state index contributed by atoms with van der Waals surface area (Å²) in [5, 5.41) is 6.28. The van der Waals surface area contributed by atoms with Gasteiger partial charge in [0.15, 0.2) is 0 Å². The van der Waals surface area contributed by atoms with Crippen molar-refractivity contribution >= 4 is 38.9 Å². The highest BCUT2D eigenvalue weighted by molar-refractivity contribution is 9.11. The van der Waals surface area contributed by atoms with Crippen LogP contribution in [0.15, 0.2) is 40.2 Å². The van der Waals surface area contributed by atoms with E-state index < -0.39 is 0 Å². The molecular weight excluding hydrogens is 348 g/mol. The number of anilines is 1. The van der Waals surface area contributed by atoms with Crippen molar-refractivity contribution in [3.63, 3.8) is 0 Å². The fourth-order valence-electron chi connectivity index (χ4n) is 1.98. The lowest BCUT2D eigenvalue weighted by atomic mass is 10.1. The Bertz CT molecular complexity index is 597. The fraction of sp³-hybridized carbons (Fsp3) is 0.312. The Morgan fingerprint density at radius 2 is 2.00 bits per heavy atom. The van der Waals surface area contributed by atoms with E-state index in [1.807, 2.05) is 30.3 Å². The van der Waals surface area contributed by atoms with E-state index in [4.69, 9.17) is 0 Å². The van der Waals surface area contributed by atoms with E-state index in [0.29, 0.717) is 12.1 Å². The van der Waals surface area contributed by atoms with E-state index in [1.165, 1.54) is 4.88 Å². The highest BCUT2D eigenvalue weighted by Crippen LogP contribution is 2.22. The Balaban J connectivity index is 1.90. The first kappa shape index (κ1) is 16.0. The van der Waals surface area contributed by atoms with Crippen LogP contribution >= 0.6 is 27.3 Å². The summed E-state index contributed by atoms with van der Waals surface area (Å²) in [7, 11) is 0. The molecule has 5 heteroatoms. The molecule has 21 heavy (non-hydrogen) atoms. The SMILES string of the molecule is CCCNc1ccccc1C(=O)NCCc1ccc(Br)s1. The van der Waals surface area contributed by atoms with E-state index in [0.717, 1.165) is 28.9 Å². The smallest absolute Gasteiger partial charge is 0.253 e. The third-order valence-corrected chi connectivity index (χ3v) is 4.71. The van der Waals surface area contributed by atoms with Gasteiger partial charge < -0.3 is 10.6 Å². The number of carbonyl (C=O) groups excluding carboxylic acids is 1. The van der Waals surface area contributed by atoms with Gasteiger partial charge in [0, 0.05) is 23.7 Å². The molecule has 0 atom stereocenters. The molecule has 1 aromatic heterocycles. The number of hydrogen-bond donors (Lipinski definition) is 2. The van der Waals surface area contributed by atoms with Crippen molar-refractivity contribution in [1.29, 1.82) is 0 Å². The summed E-state index contributed by atoms with van der Waals surface area (Å²) in [4.78, 5) is 13.5. The Labute approximate surface area is 137 Å². The van der Waals surface area contributed by atoms with Crippen LogP contribution in [0.3, 0.4) is 0 Å². The van der Waals surface area contributed by atoms with Gasteiger partial charge in [-0.25, -0.2) is 0 Å². The molecule has 0 fully saturated rings. The van der Waals surface area contributed by atoms with Gasteiger partial charge >= 0.3 is 0 Å². The van der Waals surface area contributed by atoms with Crippen LogP contribution in [0.5, 0.6) is 0 Å². The zero-order valence-electron chi connectivity index (χ0n) is 12.0. The number of nitrogens with one attached hydrogen (secondary N) is 2. The molecule has 2 N–H and O–H groups in total. The molecule has 0 saturated carbocycles. The van der Waals surface area contributed by atoms with Crippen LogP contribution in [0.4, 0.5) is 5.69 Å². The minimum absolute atomic E-state index is 0.0233. The summed E-state index contributed by atoms with van der Waals surface area (Å²) in [6.07, 6.45) is 1.88. The van der Waals surface area contributed by atoms with Gasteiger partial charge in [-0.05, 0) is 53.0 Å². The first-order valence-electron chi connectivity index (χ1n) is 7.06. The van der Waals surface area contributed by atoms with Gasteiger partial charge in [0.1, 0.15) is 0 Å². The maximum absolute atomic E-state index is 12.3. The third kappa shape index (κ3) is 4.86.